The third-order valence-electron chi connectivity index (χ3n) is 6.27. The Balaban J connectivity index is 1.66. The second-order valence-electron chi connectivity index (χ2n) is 9.36. The zero-order valence-corrected chi connectivity index (χ0v) is 21.6. The Kier molecular flexibility index (Phi) is 8.15. The molecule has 2 aromatic heterocycles. The van der Waals surface area contributed by atoms with Crippen LogP contribution >= 0.6 is 11.6 Å². The van der Waals surface area contributed by atoms with E-state index in [4.69, 9.17) is 11.6 Å². The van der Waals surface area contributed by atoms with E-state index >= 15 is 0 Å². The van der Waals surface area contributed by atoms with Crippen LogP contribution in [0.1, 0.15) is 62.5 Å². The van der Waals surface area contributed by atoms with Gasteiger partial charge in [0, 0.05) is 12.0 Å². The second kappa shape index (κ2) is 11.5. The highest BCUT2D eigenvalue weighted by Gasteiger charge is 2.23. The maximum atomic E-state index is 13.3. The summed E-state index contributed by atoms with van der Waals surface area (Å²) in [5, 5.41) is 14.5. The summed E-state index contributed by atoms with van der Waals surface area (Å²) in [5.74, 6) is 0.799. The van der Waals surface area contributed by atoms with Crippen LogP contribution in [0, 0.1) is 5.92 Å². The minimum atomic E-state index is -0.368. The Bertz CT molecular complexity index is 1370. The number of H-pyrrole nitrogens is 1. The van der Waals surface area contributed by atoms with Gasteiger partial charge < -0.3 is 0 Å². The molecule has 0 atom stereocenters. The predicted molar refractivity (Wildman–Crippen MR) is 141 cm³/mol. The summed E-state index contributed by atoms with van der Waals surface area (Å²) in [6, 6.07) is 15.9. The molecule has 2 aromatic carbocycles. The van der Waals surface area contributed by atoms with Crippen LogP contribution in [-0.2, 0) is 13.0 Å². The van der Waals surface area contributed by atoms with Gasteiger partial charge in [0.1, 0.15) is 5.15 Å². The van der Waals surface area contributed by atoms with Gasteiger partial charge in [0.05, 0.1) is 12.2 Å². The van der Waals surface area contributed by atoms with Gasteiger partial charge >= 0.3 is 5.69 Å². The van der Waals surface area contributed by atoms with Gasteiger partial charge in [0.2, 0.25) is 5.91 Å². The lowest BCUT2D eigenvalue weighted by atomic mass is 9.98. The highest BCUT2D eigenvalue weighted by Crippen LogP contribution is 2.30. The zero-order valence-electron chi connectivity index (χ0n) is 20.9. The molecule has 2 heterocycles. The first-order valence-electron chi connectivity index (χ1n) is 12.4. The molecule has 8 nitrogen and oxygen atoms in total. The molecule has 4 rings (SSSR count). The van der Waals surface area contributed by atoms with E-state index in [9.17, 15) is 9.59 Å². The molecule has 0 aliphatic carbocycles. The van der Waals surface area contributed by atoms with E-state index in [0.717, 1.165) is 46.1 Å². The molecular weight excluding hydrogens is 476 g/mol. The van der Waals surface area contributed by atoms with E-state index in [1.54, 1.807) is 4.57 Å². The summed E-state index contributed by atoms with van der Waals surface area (Å²) in [6.45, 7) is 6.62. The molecule has 0 unspecified atom stereocenters. The molecule has 9 heteroatoms. The number of imidazole rings is 1. The molecule has 36 heavy (non-hydrogen) atoms. The molecule has 0 saturated heterocycles. The summed E-state index contributed by atoms with van der Waals surface area (Å²) >= 11 is 6.63. The largest absolute Gasteiger partial charge is 0.336 e. The fraction of sp³-hybridized carbons (Fsp3) is 0.370. The van der Waals surface area contributed by atoms with Crippen molar-refractivity contribution < 1.29 is 4.79 Å². The number of aromatic nitrogens is 6. The van der Waals surface area contributed by atoms with E-state index in [-0.39, 0.29) is 16.8 Å². The number of aromatic amines is 1. The number of nitrogens with one attached hydrogen (secondary N) is 1. The third kappa shape index (κ3) is 5.49. The summed E-state index contributed by atoms with van der Waals surface area (Å²) in [7, 11) is 0. The summed E-state index contributed by atoms with van der Waals surface area (Å²) < 4.78 is 2.81. The number of halogens is 1. The molecular formula is C27H31ClN6O2. The second-order valence-corrected chi connectivity index (χ2v) is 9.72. The summed E-state index contributed by atoms with van der Waals surface area (Å²) in [5.41, 5.74) is 4.19. The maximum Gasteiger partial charge on any atom is 0.336 e. The van der Waals surface area contributed by atoms with Gasteiger partial charge in [-0.1, -0.05) is 87.3 Å². The molecule has 0 saturated carbocycles. The number of unbranched alkanes of at least 4 members (excludes halogenated alkanes) is 1. The predicted octanol–water partition coefficient (Wildman–Crippen LogP) is 5.62. The van der Waals surface area contributed by atoms with Gasteiger partial charge in [-0.3, -0.25) is 9.36 Å². The smallest absolute Gasteiger partial charge is 0.290 e. The highest BCUT2D eigenvalue weighted by molar-refractivity contribution is 6.31. The van der Waals surface area contributed by atoms with Crippen molar-refractivity contribution in [1.29, 1.82) is 0 Å². The monoisotopic (exact) mass is 506 g/mol. The Morgan fingerprint density at radius 2 is 1.81 bits per heavy atom. The number of nitrogens with zero attached hydrogens (tertiary/aromatic N) is 5. The first-order chi connectivity index (χ1) is 17.4. The molecule has 4 aromatic rings. The molecule has 0 bridgehead atoms. The van der Waals surface area contributed by atoms with Gasteiger partial charge in [-0.2, -0.15) is 0 Å². The van der Waals surface area contributed by atoms with Gasteiger partial charge in [0.25, 0.3) is 0 Å². The van der Waals surface area contributed by atoms with Crippen LogP contribution < -0.4 is 5.69 Å². The highest BCUT2D eigenvalue weighted by atomic mass is 35.5. The van der Waals surface area contributed by atoms with Crippen LogP contribution in [0.2, 0.25) is 5.15 Å². The number of carbonyl (C=O) groups excluding carboxylic acids is 1. The standard InChI is InChI=1S/C27H31ClN6O2/c1-4-5-10-24(35)34-25(28)23(16-11-18(2)3)33(27(34)36)17-19-12-14-20(15-13-19)21-8-6-7-9-22(21)26-29-31-32-30-26/h6-9,12-15,18H,4-5,10-11,16-17H2,1-3H3,(H,29,30,31,32). The van der Waals surface area contributed by atoms with E-state index in [0.29, 0.717) is 36.8 Å². The summed E-state index contributed by atoms with van der Waals surface area (Å²) in [4.78, 5) is 26.1. The fourth-order valence-corrected chi connectivity index (χ4v) is 4.59. The topological polar surface area (TPSA) is 98.5 Å². The molecule has 0 spiro atoms. The first kappa shape index (κ1) is 25.6. The minimum absolute atomic E-state index is 0.243. The SMILES string of the molecule is CCCCC(=O)n1c(Cl)c(CCC(C)C)n(Cc2ccc(-c3ccccc3-c3nnn[nH]3)cc2)c1=O. The Hall–Kier alpha value is -3.52. The van der Waals surface area contributed by atoms with Crippen molar-refractivity contribution in [2.45, 2.75) is 59.4 Å². The van der Waals surface area contributed by atoms with E-state index in [1.807, 2.05) is 55.5 Å². The lowest BCUT2D eigenvalue weighted by Gasteiger charge is -2.11. The van der Waals surface area contributed by atoms with Gasteiger partial charge in [-0.15, -0.1) is 5.10 Å². The van der Waals surface area contributed by atoms with Gasteiger partial charge in [-0.05, 0) is 52.3 Å². The molecule has 0 radical (unpaired) electrons. The molecule has 0 amide bonds. The fourth-order valence-electron chi connectivity index (χ4n) is 4.23. The van der Waals surface area contributed by atoms with Crippen molar-refractivity contribution in [3.63, 3.8) is 0 Å². The Labute approximate surface area is 215 Å². The van der Waals surface area contributed by atoms with Crippen LogP contribution in [0.15, 0.2) is 53.3 Å². The Morgan fingerprint density at radius 3 is 2.44 bits per heavy atom. The van der Waals surface area contributed by atoms with Crippen molar-refractivity contribution in [3.05, 3.63) is 75.4 Å². The van der Waals surface area contributed by atoms with E-state index < -0.39 is 0 Å². The Morgan fingerprint density at radius 1 is 1.08 bits per heavy atom. The van der Waals surface area contributed by atoms with Crippen molar-refractivity contribution in [2.24, 2.45) is 5.92 Å². The van der Waals surface area contributed by atoms with Crippen molar-refractivity contribution in [1.82, 2.24) is 29.8 Å². The average Bonchev–Trinajstić information content (AvgIpc) is 3.49. The number of carbonyl (C=O) groups is 1. The molecule has 0 aliphatic rings. The van der Waals surface area contributed by atoms with Crippen molar-refractivity contribution >= 4 is 17.5 Å². The van der Waals surface area contributed by atoms with Crippen LogP contribution in [0.4, 0.5) is 0 Å². The summed E-state index contributed by atoms with van der Waals surface area (Å²) in [6.07, 6.45) is 3.41. The van der Waals surface area contributed by atoms with Crippen molar-refractivity contribution in [2.75, 3.05) is 0 Å². The minimum Gasteiger partial charge on any atom is -0.290 e. The van der Waals surface area contributed by atoms with Crippen LogP contribution in [0.3, 0.4) is 0 Å². The van der Waals surface area contributed by atoms with Crippen LogP contribution in [0.25, 0.3) is 22.5 Å². The molecule has 188 valence electrons. The van der Waals surface area contributed by atoms with E-state index in [2.05, 4.69) is 34.5 Å². The number of rotatable bonds is 10. The molecule has 0 fully saturated rings. The average molecular weight is 507 g/mol. The molecule has 0 aliphatic heterocycles. The number of tetrazole rings is 1. The third-order valence-corrected chi connectivity index (χ3v) is 6.65. The lowest BCUT2D eigenvalue weighted by molar-refractivity contribution is 0.0895. The molecule has 1 N–H and O–H groups in total. The normalized spacial score (nSPS) is 11.4. The van der Waals surface area contributed by atoms with Gasteiger partial charge in [-0.25, -0.2) is 14.5 Å². The number of hydrogen-bond donors (Lipinski definition) is 1. The van der Waals surface area contributed by atoms with E-state index in [1.165, 1.54) is 0 Å². The number of benzene rings is 2. The van der Waals surface area contributed by atoms with Gasteiger partial charge in [0.15, 0.2) is 5.82 Å². The van der Waals surface area contributed by atoms with Crippen LogP contribution in [-0.4, -0.2) is 35.7 Å². The first-order valence-corrected chi connectivity index (χ1v) is 12.7. The lowest BCUT2D eigenvalue weighted by Crippen LogP contribution is -2.29. The quantitative estimate of drug-likeness (QED) is 0.301. The zero-order chi connectivity index (χ0) is 25.7. The van der Waals surface area contributed by atoms with Crippen LogP contribution in [0.5, 0.6) is 0 Å². The van der Waals surface area contributed by atoms with Crippen molar-refractivity contribution in [3.8, 4) is 22.5 Å². The number of hydrogen-bond acceptors (Lipinski definition) is 5. The maximum absolute atomic E-state index is 13.3.